The first-order valence-corrected chi connectivity index (χ1v) is 5.24. The van der Waals surface area contributed by atoms with E-state index in [4.69, 9.17) is 4.74 Å². The molecule has 1 aromatic carbocycles. The number of nitrogens with one attached hydrogen (secondary N) is 1. The molecular weight excluding hydrogens is 234 g/mol. The number of methoxy groups -OCH3 is 1. The van der Waals surface area contributed by atoms with E-state index < -0.39 is 5.63 Å². The normalized spacial score (nSPS) is 9.83. The van der Waals surface area contributed by atoms with Crippen molar-refractivity contribution in [2.24, 2.45) is 0 Å². The van der Waals surface area contributed by atoms with Crippen LogP contribution < -0.4 is 15.7 Å². The third kappa shape index (κ3) is 2.57. The number of rotatable bonds is 3. The summed E-state index contributed by atoms with van der Waals surface area (Å²) in [5.41, 5.74) is 0.320. The van der Waals surface area contributed by atoms with E-state index in [9.17, 15) is 9.59 Å². The largest absolute Gasteiger partial charge is 0.495 e. The molecule has 2 aromatic rings. The van der Waals surface area contributed by atoms with Gasteiger partial charge in [-0.3, -0.25) is 4.79 Å². The lowest BCUT2D eigenvalue weighted by Crippen LogP contribution is -2.13. The molecule has 18 heavy (non-hydrogen) atoms. The highest BCUT2D eigenvalue weighted by atomic mass is 16.5. The minimum absolute atomic E-state index is 0.264. The number of amides is 1. The van der Waals surface area contributed by atoms with Crippen molar-refractivity contribution in [3.05, 3.63) is 58.6 Å². The van der Waals surface area contributed by atoms with Crippen molar-refractivity contribution in [1.82, 2.24) is 0 Å². The molecule has 5 heteroatoms. The second kappa shape index (κ2) is 5.18. The molecule has 0 saturated carbocycles. The Balaban J connectivity index is 2.21. The second-order valence-electron chi connectivity index (χ2n) is 3.50. The van der Waals surface area contributed by atoms with Gasteiger partial charge in [-0.15, -0.1) is 0 Å². The van der Waals surface area contributed by atoms with Crippen molar-refractivity contribution in [3.63, 3.8) is 0 Å². The van der Waals surface area contributed by atoms with Gasteiger partial charge >= 0.3 is 5.63 Å². The molecule has 1 N–H and O–H groups in total. The molecule has 0 aliphatic rings. The van der Waals surface area contributed by atoms with Crippen molar-refractivity contribution in [1.29, 1.82) is 0 Å². The van der Waals surface area contributed by atoms with Gasteiger partial charge in [0.2, 0.25) is 0 Å². The fourth-order valence-electron chi connectivity index (χ4n) is 1.43. The molecule has 1 heterocycles. The molecule has 2 rings (SSSR count). The van der Waals surface area contributed by atoms with Gasteiger partial charge in [0, 0.05) is 6.07 Å². The Bertz CT molecular complexity index is 598. The molecule has 0 saturated heterocycles. The average molecular weight is 245 g/mol. The molecule has 0 aliphatic heterocycles. The standard InChI is InChI=1S/C13H11NO4/c1-17-11-5-3-2-4-10(11)14-13(16)9-6-7-12(15)18-8-9/h2-8H,1H3,(H,14,16). The first-order valence-electron chi connectivity index (χ1n) is 5.24. The number of ether oxygens (including phenoxy) is 1. The molecule has 5 nitrogen and oxygen atoms in total. The highest BCUT2D eigenvalue weighted by Crippen LogP contribution is 2.23. The summed E-state index contributed by atoms with van der Waals surface area (Å²) >= 11 is 0. The van der Waals surface area contributed by atoms with Crippen LogP contribution in [0.5, 0.6) is 5.75 Å². The molecule has 0 aliphatic carbocycles. The van der Waals surface area contributed by atoms with Crippen LogP contribution in [0, 0.1) is 0 Å². The van der Waals surface area contributed by atoms with Gasteiger partial charge in [-0.1, -0.05) is 12.1 Å². The van der Waals surface area contributed by atoms with Crippen molar-refractivity contribution < 1.29 is 13.9 Å². The number of hydrogen-bond donors (Lipinski definition) is 1. The summed E-state index contributed by atoms with van der Waals surface area (Å²) in [5, 5.41) is 2.67. The Kier molecular flexibility index (Phi) is 3.43. The summed E-state index contributed by atoms with van der Waals surface area (Å²) in [6.07, 6.45) is 1.12. The molecule has 0 radical (unpaired) electrons. The van der Waals surface area contributed by atoms with E-state index in [1.165, 1.54) is 19.2 Å². The van der Waals surface area contributed by atoms with Crippen LogP contribution in [0.4, 0.5) is 5.69 Å². The van der Waals surface area contributed by atoms with Crippen LogP contribution in [-0.2, 0) is 0 Å². The van der Waals surface area contributed by atoms with E-state index in [0.29, 0.717) is 11.4 Å². The van der Waals surface area contributed by atoms with Gasteiger partial charge < -0.3 is 14.5 Å². The zero-order valence-electron chi connectivity index (χ0n) is 9.67. The number of carbonyl (C=O) groups excluding carboxylic acids is 1. The summed E-state index contributed by atoms with van der Waals surface area (Å²) < 4.78 is 9.74. The summed E-state index contributed by atoms with van der Waals surface area (Å²) in [4.78, 5) is 22.6. The van der Waals surface area contributed by atoms with Gasteiger partial charge in [-0.05, 0) is 18.2 Å². The number of benzene rings is 1. The highest BCUT2D eigenvalue weighted by Gasteiger charge is 2.09. The number of hydrogen-bond acceptors (Lipinski definition) is 4. The summed E-state index contributed by atoms with van der Waals surface area (Å²) in [7, 11) is 1.52. The predicted octanol–water partition coefficient (Wildman–Crippen LogP) is 1.90. The maximum atomic E-state index is 11.9. The summed E-state index contributed by atoms with van der Waals surface area (Å²) in [6.45, 7) is 0. The van der Waals surface area contributed by atoms with Crippen LogP contribution in [0.15, 0.2) is 51.9 Å². The Morgan fingerprint density at radius 2 is 2.00 bits per heavy atom. The zero-order valence-corrected chi connectivity index (χ0v) is 9.67. The fraction of sp³-hybridized carbons (Fsp3) is 0.0769. The molecule has 0 bridgehead atoms. The lowest BCUT2D eigenvalue weighted by molar-refractivity contribution is 0.102. The molecule has 1 amide bonds. The summed E-state index contributed by atoms with van der Waals surface area (Å²) in [5.74, 6) is 0.187. The van der Waals surface area contributed by atoms with Crippen LogP contribution in [-0.4, -0.2) is 13.0 Å². The quantitative estimate of drug-likeness (QED) is 0.896. The molecule has 0 atom stereocenters. The molecule has 1 aromatic heterocycles. The average Bonchev–Trinajstić information content (AvgIpc) is 2.40. The fourth-order valence-corrected chi connectivity index (χ4v) is 1.43. The number of carbonyl (C=O) groups is 1. The minimum Gasteiger partial charge on any atom is -0.495 e. The lowest BCUT2D eigenvalue weighted by Gasteiger charge is -2.09. The van der Waals surface area contributed by atoms with Gasteiger partial charge in [0.05, 0.1) is 18.4 Å². The van der Waals surface area contributed by atoms with Gasteiger partial charge in [-0.25, -0.2) is 4.79 Å². The van der Waals surface area contributed by atoms with E-state index in [-0.39, 0.29) is 11.5 Å². The number of para-hydroxylation sites is 2. The van der Waals surface area contributed by atoms with Crippen molar-refractivity contribution in [2.75, 3.05) is 12.4 Å². The third-order valence-electron chi connectivity index (χ3n) is 2.32. The Labute approximate surface area is 103 Å². The monoisotopic (exact) mass is 245 g/mol. The molecule has 92 valence electrons. The molecule has 0 fully saturated rings. The molecule has 0 unspecified atom stereocenters. The van der Waals surface area contributed by atoms with Gasteiger partial charge in [0.1, 0.15) is 12.0 Å². The predicted molar refractivity (Wildman–Crippen MR) is 65.9 cm³/mol. The van der Waals surface area contributed by atoms with Gasteiger partial charge in [-0.2, -0.15) is 0 Å². The van der Waals surface area contributed by atoms with Crippen molar-refractivity contribution >= 4 is 11.6 Å². The number of anilines is 1. The van der Waals surface area contributed by atoms with E-state index in [1.807, 2.05) is 0 Å². The first kappa shape index (κ1) is 11.9. The van der Waals surface area contributed by atoms with Crippen molar-refractivity contribution in [3.8, 4) is 5.75 Å². The highest BCUT2D eigenvalue weighted by molar-refractivity contribution is 6.04. The molecular formula is C13H11NO4. The molecule has 0 spiro atoms. The van der Waals surface area contributed by atoms with Crippen LogP contribution in [0.2, 0.25) is 0 Å². The third-order valence-corrected chi connectivity index (χ3v) is 2.32. The Morgan fingerprint density at radius 1 is 1.22 bits per heavy atom. The maximum Gasteiger partial charge on any atom is 0.335 e. The lowest BCUT2D eigenvalue weighted by atomic mass is 10.2. The van der Waals surface area contributed by atoms with Gasteiger partial charge in [0.25, 0.3) is 5.91 Å². The van der Waals surface area contributed by atoms with Crippen LogP contribution >= 0.6 is 0 Å². The van der Waals surface area contributed by atoms with E-state index >= 15 is 0 Å². The minimum atomic E-state index is -0.496. The maximum absolute atomic E-state index is 11.9. The Hall–Kier alpha value is -2.56. The zero-order chi connectivity index (χ0) is 13.0. The van der Waals surface area contributed by atoms with E-state index in [0.717, 1.165) is 6.26 Å². The van der Waals surface area contributed by atoms with Crippen LogP contribution in [0.25, 0.3) is 0 Å². The Morgan fingerprint density at radius 3 is 2.67 bits per heavy atom. The van der Waals surface area contributed by atoms with Crippen molar-refractivity contribution in [2.45, 2.75) is 0 Å². The van der Waals surface area contributed by atoms with E-state index in [1.54, 1.807) is 24.3 Å². The first-order chi connectivity index (χ1) is 8.70. The smallest absolute Gasteiger partial charge is 0.335 e. The summed E-state index contributed by atoms with van der Waals surface area (Å²) in [6, 6.07) is 9.63. The second-order valence-corrected chi connectivity index (χ2v) is 3.50. The van der Waals surface area contributed by atoms with Crippen LogP contribution in [0.3, 0.4) is 0 Å². The van der Waals surface area contributed by atoms with Crippen LogP contribution in [0.1, 0.15) is 10.4 Å². The SMILES string of the molecule is COc1ccccc1NC(=O)c1ccc(=O)oc1. The topological polar surface area (TPSA) is 68.5 Å². The van der Waals surface area contributed by atoms with Gasteiger partial charge in [0.15, 0.2) is 0 Å². The van der Waals surface area contributed by atoms with E-state index in [2.05, 4.69) is 9.73 Å².